The van der Waals surface area contributed by atoms with E-state index in [9.17, 15) is 5.11 Å². The Morgan fingerprint density at radius 2 is 1.70 bits per heavy atom. The van der Waals surface area contributed by atoms with Crippen LogP contribution < -0.4 is 16.2 Å². The molecule has 1 unspecified atom stereocenters. The summed E-state index contributed by atoms with van der Waals surface area (Å²) in [7, 11) is 0. The number of aliphatic hydroxyl groups excluding tert-OH is 1. The Hall–Kier alpha value is -1.91. The van der Waals surface area contributed by atoms with Gasteiger partial charge in [0.25, 0.3) is 0 Å². The third-order valence-corrected chi connectivity index (χ3v) is 3.18. The van der Waals surface area contributed by atoms with Gasteiger partial charge in [0.15, 0.2) is 0 Å². The molecule has 0 bridgehead atoms. The van der Waals surface area contributed by atoms with E-state index in [1.54, 1.807) is 42.5 Å². The first-order chi connectivity index (χ1) is 9.58. The summed E-state index contributed by atoms with van der Waals surface area (Å²) < 4.78 is 5.80. The topological polar surface area (TPSA) is 81.5 Å². The summed E-state index contributed by atoms with van der Waals surface area (Å²) in [6, 6.07) is 12.4. The maximum atomic E-state index is 9.68. The molecule has 2 rings (SSSR count). The number of ether oxygens (including phenoxy) is 1. The smallest absolute Gasteiger partial charge is 0.130 e. The summed E-state index contributed by atoms with van der Waals surface area (Å²) in [5.74, 6) is 1.48. The average Bonchev–Trinajstić information content (AvgIpc) is 2.44. The maximum absolute atomic E-state index is 9.68. The highest BCUT2D eigenvalue weighted by Crippen LogP contribution is 2.28. The summed E-state index contributed by atoms with van der Waals surface area (Å²) >= 11 is 5.64. The number of benzene rings is 2. The van der Waals surface area contributed by atoms with Crippen molar-refractivity contribution in [1.29, 1.82) is 0 Å². The number of nitrogen functional groups attached to an aromatic ring is 2. The van der Waals surface area contributed by atoms with Crippen molar-refractivity contribution in [3.8, 4) is 11.5 Å². The molecule has 0 aromatic heterocycles. The Morgan fingerprint density at radius 1 is 1.05 bits per heavy atom. The molecule has 0 aliphatic carbocycles. The largest absolute Gasteiger partial charge is 0.457 e. The van der Waals surface area contributed by atoms with Crippen LogP contribution in [0, 0.1) is 0 Å². The molecular formula is C15H17ClN2O2. The van der Waals surface area contributed by atoms with Gasteiger partial charge >= 0.3 is 0 Å². The molecule has 0 spiro atoms. The zero-order valence-electron chi connectivity index (χ0n) is 10.9. The zero-order chi connectivity index (χ0) is 14.5. The van der Waals surface area contributed by atoms with Crippen LogP contribution in [0.4, 0.5) is 11.4 Å². The molecule has 5 heteroatoms. The van der Waals surface area contributed by atoms with Gasteiger partial charge in [0, 0.05) is 23.7 Å². The highest BCUT2D eigenvalue weighted by atomic mass is 35.5. The van der Waals surface area contributed by atoms with Crippen LogP contribution in [0.2, 0.25) is 0 Å². The number of rotatable bonds is 5. The van der Waals surface area contributed by atoms with Gasteiger partial charge in [0.05, 0.1) is 6.10 Å². The normalized spacial score (nSPS) is 12.1. The summed E-state index contributed by atoms with van der Waals surface area (Å²) in [6.07, 6.45) is -0.244. The molecule has 0 saturated heterocycles. The SMILES string of the molecule is Nc1ccc(Oc2ccc(N)cc2CC(O)CCl)cc1. The van der Waals surface area contributed by atoms with Crippen molar-refractivity contribution >= 4 is 23.0 Å². The fraction of sp³-hybridized carbons (Fsp3) is 0.200. The molecule has 4 nitrogen and oxygen atoms in total. The average molecular weight is 293 g/mol. The minimum atomic E-state index is -0.632. The Kier molecular flexibility index (Phi) is 4.71. The minimum Gasteiger partial charge on any atom is -0.457 e. The summed E-state index contributed by atoms with van der Waals surface area (Å²) in [5.41, 5.74) is 13.5. The maximum Gasteiger partial charge on any atom is 0.130 e. The summed E-state index contributed by atoms with van der Waals surface area (Å²) in [5, 5.41) is 9.68. The van der Waals surface area contributed by atoms with E-state index < -0.39 is 6.10 Å². The Labute approximate surface area is 122 Å². The number of hydrogen-bond acceptors (Lipinski definition) is 4. The first kappa shape index (κ1) is 14.5. The summed E-state index contributed by atoms with van der Waals surface area (Å²) in [6.45, 7) is 0. The van der Waals surface area contributed by atoms with Gasteiger partial charge in [-0.3, -0.25) is 0 Å². The van der Waals surface area contributed by atoms with Gasteiger partial charge in [-0.1, -0.05) is 0 Å². The highest BCUT2D eigenvalue weighted by Gasteiger charge is 2.11. The summed E-state index contributed by atoms with van der Waals surface area (Å²) in [4.78, 5) is 0. The van der Waals surface area contributed by atoms with E-state index in [1.165, 1.54) is 0 Å². The van der Waals surface area contributed by atoms with E-state index in [0.717, 1.165) is 5.56 Å². The molecule has 0 aliphatic heterocycles. The lowest BCUT2D eigenvalue weighted by Crippen LogP contribution is -2.12. The molecule has 106 valence electrons. The lowest BCUT2D eigenvalue weighted by molar-refractivity contribution is 0.198. The van der Waals surface area contributed by atoms with Crippen molar-refractivity contribution in [2.45, 2.75) is 12.5 Å². The van der Waals surface area contributed by atoms with Gasteiger partial charge in [0.2, 0.25) is 0 Å². The van der Waals surface area contributed by atoms with Gasteiger partial charge in [-0.25, -0.2) is 0 Å². The van der Waals surface area contributed by atoms with Gasteiger partial charge in [-0.2, -0.15) is 0 Å². The van der Waals surface area contributed by atoms with Gasteiger partial charge in [0.1, 0.15) is 11.5 Å². The molecule has 0 amide bonds. The van der Waals surface area contributed by atoms with E-state index in [0.29, 0.717) is 29.3 Å². The molecule has 0 aliphatic rings. The number of halogens is 1. The second-order valence-electron chi connectivity index (χ2n) is 4.55. The molecule has 0 radical (unpaired) electrons. The first-order valence-corrected chi connectivity index (χ1v) is 6.78. The van der Waals surface area contributed by atoms with E-state index in [1.807, 2.05) is 0 Å². The molecule has 0 heterocycles. The zero-order valence-corrected chi connectivity index (χ0v) is 11.7. The third kappa shape index (κ3) is 3.79. The standard InChI is InChI=1S/C15H17ClN2O2/c16-9-13(19)8-10-7-12(18)3-6-15(10)20-14-4-1-11(17)2-5-14/h1-7,13,19H,8-9,17-18H2. The van der Waals surface area contributed by atoms with Crippen molar-refractivity contribution in [2.75, 3.05) is 17.3 Å². The monoisotopic (exact) mass is 292 g/mol. The van der Waals surface area contributed by atoms with Crippen LogP contribution >= 0.6 is 11.6 Å². The van der Waals surface area contributed by atoms with Crippen molar-refractivity contribution in [2.24, 2.45) is 0 Å². The molecule has 2 aromatic rings. The van der Waals surface area contributed by atoms with Crippen LogP contribution in [0.15, 0.2) is 42.5 Å². The first-order valence-electron chi connectivity index (χ1n) is 6.24. The minimum absolute atomic E-state index is 0.163. The quantitative estimate of drug-likeness (QED) is 0.585. The molecule has 1 atom stereocenters. The fourth-order valence-electron chi connectivity index (χ4n) is 1.83. The van der Waals surface area contributed by atoms with Crippen LogP contribution in [-0.2, 0) is 6.42 Å². The lowest BCUT2D eigenvalue weighted by atomic mass is 10.1. The fourth-order valence-corrected chi connectivity index (χ4v) is 1.94. The molecule has 20 heavy (non-hydrogen) atoms. The van der Waals surface area contributed by atoms with Gasteiger partial charge in [-0.05, 0) is 48.0 Å². The molecule has 2 aromatic carbocycles. The lowest BCUT2D eigenvalue weighted by Gasteiger charge is -2.14. The van der Waals surface area contributed by atoms with Crippen LogP contribution in [0.25, 0.3) is 0 Å². The van der Waals surface area contributed by atoms with Crippen LogP contribution in [0.3, 0.4) is 0 Å². The van der Waals surface area contributed by atoms with Crippen LogP contribution in [0.1, 0.15) is 5.56 Å². The molecule has 5 N–H and O–H groups in total. The van der Waals surface area contributed by atoms with E-state index in [2.05, 4.69) is 0 Å². The van der Waals surface area contributed by atoms with Crippen LogP contribution in [-0.4, -0.2) is 17.1 Å². The van der Waals surface area contributed by atoms with E-state index in [-0.39, 0.29) is 5.88 Å². The van der Waals surface area contributed by atoms with Crippen molar-refractivity contribution in [3.05, 3.63) is 48.0 Å². The molecule has 0 fully saturated rings. The van der Waals surface area contributed by atoms with Gasteiger partial charge < -0.3 is 21.3 Å². The predicted molar refractivity (Wildman–Crippen MR) is 82.2 cm³/mol. The molecular weight excluding hydrogens is 276 g/mol. The van der Waals surface area contributed by atoms with Crippen molar-refractivity contribution in [3.63, 3.8) is 0 Å². The molecule has 0 saturated carbocycles. The van der Waals surface area contributed by atoms with Crippen molar-refractivity contribution < 1.29 is 9.84 Å². The second kappa shape index (κ2) is 6.50. The number of alkyl halides is 1. The Morgan fingerprint density at radius 3 is 2.35 bits per heavy atom. The Bertz CT molecular complexity index is 573. The Balaban J connectivity index is 2.23. The highest BCUT2D eigenvalue weighted by molar-refractivity contribution is 6.18. The van der Waals surface area contributed by atoms with Crippen molar-refractivity contribution in [1.82, 2.24) is 0 Å². The number of anilines is 2. The third-order valence-electron chi connectivity index (χ3n) is 2.83. The number of aliphatic hydroxyl groups is 1. The number of nitrogens with two attached hydrogens (primary N) is 2. The van der Waals surface area contributed by atoms with Gasteiger partial charge in [-0.15, -0.1) is 11.6 Å². The number of hydrogen-bond donors (Lipinski definition) is 3. The van der Waals surface area contributed by atoms with E-state index in [4.69, 9.17) is 27.8 Å². The predicted octanol–water partition coefficient (Wildman–Crippen LogP) is 2.79. The second-order valence-corrected chi connectivity index (χ2v) is 4.86. The van der Waals surface area contributed by atoms with E-state index >= 15 is 0 Å². The van der Waals surface area contributed by atoms with Crippen LogP contribution in [0.5, 0.6) is 11.5 Å².